The van der Waals surface area contributed by atoms with Crippen LogP contribution in [-0.2, 0) is 16.1 Å². The van der Waals surface area contributed by atoms with Crippen molar-refractivity contribution in [2.45, 2.75) is 25.4 Å². The Labute approximate surface area is 192 Å². The fourth-order valence-corrected chi connectivity index (χ4v) is 3.00. The van der Waals surface area contributed by atoms with Gasteiger partial charge in [-0.1, -0.05) is 0 Å². The highest BCUT2D eigenvalue weighted by atomic mass is 16.5. The number of anilines is 3. The minimum Gasteiger partial charge on any atom is -0.495 e. The van der Waals surface area contributed by atoms with Crippen LogP contribution >= 0.6 is 0 Å². The van der Waals surface area contributed by atoms with Gasteiger partial charge in [-0.2, -0.15) is 9.97 Å². The molecular formula is C20H22N8O6. The van der Waals surface area contributed by atoms with E-state index in [-0.39, 0.29) is 35.9 Å². The van der Waals surface area contributed by atoms with Gasteiger partial charge in [-0.15, -0.1) is 0 Å². The lowest BCUT2D eigenvalue weighted by Gasteiger charge is -2.15. The maximum Gasteiger partial charge on any atom is 0.326 e. The Bertz CT molecular complexity index is 1250. The molecule has 0 radical (unpaired) electrons. The number of hydrogen-bond donors (Lipinski definition) is 6. The molecule has 34 heavy (non-hydrogen) atoms. The van der Waals surface area contributed by atoms with Crippen molar-refractivity contribution in [2.75, 3.05) is 23.9 Å². The number of hydrogen-bond acceptors (Lipinski definition) is 11. The minimum atomic E-state index is -1.34. The van der Waals surface area contributed by atoms with Crippen molar-refractivity contribution in [3.8, 4) is 5.75 Å². The molecule has 14 heteroatoms. The third-order valence-corrected chi connectivity index (χ3v) is 4.68. The largest absolute Gasteiger partial charge is 0.495 e. The lowest BCUT2D eigenvalue weighted by atomic mass is 10.1. The molecule has 0 unspecified atom stereocenters. The normalized spacial score (nSPS) is 11.6. The van der Waals surface area contributed by atoms with Crippen LogP contribution in [0.25, 0.3) is 11.2 Å². The molecule has 178 valence electrons. The van der Waals surface area contributed by atoms with E-state index in [4.69, 9.17) is 21.3 Å². The Balaban J connectivity index is 1.72. The summed E-state index contributed by atoms with van der Waals surface area (Å²) < 4.78 is 5.33. The number of nitrogen functional groups attached to an aromatic ring is 2. The van der Waals surface area contributed by atoms with Crippen LogP contribution in [0.15, 0.2) is 24.4 Å². The summed E-state index contributed by atoms with van der Waals surface area (Å²) in [7, 11) is 1.41. The van der Waals surface area contributed by atoms with Gasteiger partial charge in [-0.3, -0.25) is 9.59 Å². The first-order valence-electron chi connectivity index (χ1n) is 9.90. The van der Waals surface area contributed by atoms with E-state index in [0.29, 0.717) is 22.6 Å². The summed E-state index contributed by atoms with van der Waals surface area (Å²) in [6.45, 7) is 0.227. The van der Waals surface area contributed by atoms with Crippen LogP contribution < -0.4 is 26.8 Å². The van der Waals surface area contributed by atoms with Gasteiger partial charge in [0, 0.05) is 12.0 Å². The predicted molar refractivity (Wildman–Crippen MR) is 120 cm³/mol. The molecule has 8 N–H and O–H groups in total. The molecule has 3 rings (SSSR count). The van der Waals surface area contributed by atoms with E-state index in [9.17, 15) is 19.5 Å². The van der Waals surface area contributed by atoms with Crippen molar-refractivity contribution in [1.82, 2.24) is 25.3 Å². The van der Waals surface area contributed by atoms with Gasteiger partial charge in [-0.25, -0.2) is 14.8 Å². The molecule has 0 aliphatic heterocycles. The number of nitrogens with two attached hydrogens (primary N) is 2. The number of carboxylic acid groups (broad SMARTS) is 2. The van der Waals surface area contributed by atoms with Gasteiger partial charge in [0.05, 0.1) is 31.2 Å². The molecule has 2 aromatic heterocycles. The van der Waals surface area contributed by atoms with Crippen LogP contribution in [0.5, 0.6) is 5.75 Å². The number of rotatable bonds is 10. The number of ether oxygens (including phenoxy) is 1. The van der Waals surface area contributed by atoms with E-state index in [1.807, 2.05) is 0 Å². The van der Waals surface area contributed by atoms with Crippen LogP contribution in [0.3, 0.4) is 0 Å². The number of nitrogens with zero attached hydrogens (tertiary/aromatic N) is 4. The number of aromatic nitrogens is 4. The van der Waals surface area contributed by atoms with Crippen molar-refractivity contribution in [3.63, 3.8) is 0 Å². The molecule has 1 amide bonds. The number of nitrogens with one attached hydrogen (secondary N) is 2. The topological polar surface area (TPSA) is 229 Å². The van der Waals surface area contributed by atoms with Gasteiger partial charge >= 0.3 is 11.9 Å². The molecule has 0 aliphatic rings. The molecule has 0 saturated heterocycles. The number of fused-ring (bicyclic) bond motifs is 1. The number of aliphatic carboxylic acids is 2. The lowest BCUT2D eigenvalue weighted by molar-refractivity contribution is -0.140. The Hall–Kier alpha value is -4.75. The van der Waals surface area contributed by atoms with Crippen LogP contribution in [0.4, 0.5) is 17.5 Å². The van der Waals surface area contributed by atoms with Crippen LogP contribution in [-0.4, -0.2) is 61.1 Å². The highest BCUT2D eigenvalue weighted by molar-refractivity contribution is 5.97. The van der Waals surface area contributed by atoms with Gasteiger partial charge in [0.1, 0.15) is 11.8 Å². The molecule has 0 bridgehead atoms. The molecule has 0 spiro atoms. The Morgan fingerprint density at radius 2 is 1.91 bits per heavy atom. The van der Waals surface area contributed by atoms with Gasteiger partial charge < -0.3 is 37.1 Å². The van der Waals surface area contributed by atoms with E-state index in [1.165, 1.54) is 25.4 Å². The SMILES string of the molecule is COc1cc(C(=O)N[C@@H](CCC(=O)O)C(=O)O)ccc1NCc1cnc2nc(N)nc(N)c2n1. The number of carbonyl (C=O) groups excluding carboxylic acids is 1. The number of carboxylic acids is 2. The first-order chi connectivity index (χ1) is 16.2. The summed E-state index contributed by atoms with van der Waals surface area (Å²) in [6, 6.07) is 3.13. The second-order valence-electron chi connectivity index (χ2n) is 7.07. The first-order valence-corrected chi connectivity index (χ1v) is 9.90. The average molecular weight is 470 g/mol. The summed E-state index contributed by atoms with van der Waals surface area (Å²) >= 11 is 0. The molecule has 1 aromatic carbocycles. The standard InChI is InChI=1S/C20H22N8O6/c1-34-13-6-9(18(31)26-12(19(32)33)4-5-14(29)30)2-3-11(13)23-7-10-8-24-17-15(25-10)16(21)27-20(22)28-17/h2-3,6,8,12,23H,4-5,7H2,1H3,(H,26,31)(H,29,30)(H,32,33)(H4,21,22,24,27,28)/t12-/m0/s1. The Morgan fingerprint density at radius 1 is 1.15 bits per heavy atom. The van der Waals surface area contributed by atoms with Gasteiger partial charge in [0.25, 0.3) is 5.91 Å². The smallest absolute Gasteiger partial charge is 0.326 e. The van der Waals surface area contributed by atoms with Crippen molar-refractivity contribution >= 4 is 46.5 Å². The zero-order chi connectivity index (χ0) is 24.8. The first kappa shape index (κ1) is 23.9. The minimum absolute atomic E-state index is 0.00407. The van der Waals surface area contributed by atoms with Crippen LogP contribution in [0.1, 0.15) is 28.9 Å². The fraction of sp³-hybridized carbons (Fsp3) is 0.250. The van der Waals surface area contributed by atoms with Crippen molar-refractivity contribution in [2.24, 2.45) is 0 Å². The quantitative estimate of drug-likeness (QED) is 0.234. The second kappa shape index (κ2) is 10.2. The van der Waals surface area contributed by atoms with E-state index >= 15 is 0 Å². The second-order valence-corrected chi connectivity index (χ2v) is 7.07. The van der Waals surface area contributed by atoms with Crippen molar-refractivity contribution in [1.29, 1.82) is 0 Å². The fourth-order valence-electron chi connectivity index (χ4n) is 3.00. The average Bonchev–Trinajstić information content (AvgIpc) is 2.79. The molecule has 0 fully saturated rings. The number of carbonyl (C=O) groups is 3. The van der Waals surface area contributed by atoms with Crippen molar-refractivity contribution < 1.29 is 29.3 Å². The molecule has 3 aromatic rings. The molecule has 1 atom stereocenters. The van der Waals surface area contributed by atoms with Gasteiger partial charge in [0.15, 0.2) is 17.0 Å². The lowest BCUT2D eigenvalue weighted by Crippen LogP contribution is -2.41. The molecular weight excluding hydrogens is 448 g/mol. The number of methoxy groups -OCH3 is 1. The van der Waals surface area contributed by atoms with E-state index in [0.717, 1.165) is 0 Å². The monoisotopic (exact) mass is 470 g/mol. The zero-order valence-electron chi connectivity index (χ0n) is 18.0. The maximum atomic E-state index is 12.5. The third kappa shape index (κ3) is 5.73. The molecule has 14 nitrogen and oxygen atoms in total. The zero-order valence-corrected chi connectivity index (χ0v) is 18.0. The summed E-state index contributed by atoms with van der Waals surface area (Å²) in [5.74, 6) is -2.76. The highest BCUT2D eigenvalue weighted by Gasteiger charge is 2.22. The molecule has 0 saturated carbocycles. The molecule has 0 aliphatic carbocycles. The van der Waals surface area contributed by atoms with E-state index in [2.05, 4.69) is 30.6 Å². The predicted octanol–water partition coefficient (Wildman–Crippen LogP) is 0.253. The van der Waals surface area contributed by atoms with Crippen molar-refractivity contribution in [3.05, 3.63) is 35.7 Å². The van der Waals surface area contributed by atoms with E-state index in [1.54, 1.807) is 6.07 Å². The summed E-state index contributed by atoms with van der Waals surface area (Å²) in [6.07, 6.45) is 0.854. The van der Waals surface area contributed by atoms with Crippen LogP contribution in [0.2, 0.25) is 0 Å². The Morgan fingerprint density at radius 3 is 2.59 bits per heavy atom. The van der Waals surface area contributed by atoms with Crippen LogP contribution in [0, 0.1) is 0 Å². The van der Waals surface area contributed by atoms with Gasteiger partial charge in [-0.05, 0) is 24.6 Å². The highest BCUT2D eigenvalue weighted by Crippen LogP contribution is 2.26. The Kier molecular flexibility index (Phi) is 7.20. The number of benzene rings is 1. The summed E-state index contributed by atoms with van der Waals surface area (Å²) in [5.41, 5.74) is 13.2. The third-order valence-electron chi connectivity index (χ3n) is 4.68. The van der Waals surface area contributed by atoms with E-state index < -0.39 is 30.3 Å². The summed E-state index contributed by atoms with van der Waals surface area (Å²) in [4.78, 5) is 50.9. The van der Waals surface area contributed by atoms with Gasteiger partial charge in [0.2, 0.25) is 5.95 Å². The molecule has 2 heterocycles. The number of amides is 1. The summed E-state index contributed by atoms with van der Waals surface area (Å²) in [5, 5.41) is 23.4. The maximum absolute atomic E-state index is 12.5.